The fraction of sp³-hybridized carbons (Fsp3) is 0.353. The SMILES string of the molecule is O=C(CNc1ccccc1F)NN=Cc1sc(N2CCCCC2)nc1Cl. The molecule has 9 heteroatoms. The molecule has 6 nitrogen and oxygen atoms in total. The number of amides is 1. The van der Waals surface area contributed by atoms with Gasteiger partial charge in [0.05, 0.1) is 23.3 Å². The second-order valence-electron chi connectivity index (χ2n) is 5.83. The molecule has 0 bridgehead atoms. The van der Waals surface area contributed by atoms with E-state index in [1.165, 1.54) is 30.0 Å². The van der Waals surface area contributed by atoms with Crippen LogP contribution in [0.15, 0.2) is 29.4 Å². The van der Waals surface area contributed by atoms with E-state index in [-0.39, 0.29) is 18.1 Å². The molecular formula is C17H19ClFN5OS. The van der Waals surface area contributed by atoms with Crippen LogP contribution in [0.5, 0.6) is 0 Å². The molecule has 1 saturated heterocycles. The van der Waals surface area contributed by atoms with E-state index in [2.05, 4.69) is 25.7 Å². The Morgan fingerprint density at radius 3 is 2.88 bits per heavy atom. The number of benzene rings is 1. The van der Waals surface area contributed by atoms with Crippen LogP contribution in [0.4, 0.5) is 15.2 Å². The molecule has 2 heterocycles. The number of nitrogens with one attached hydrogen (secondary N) is 2. The van der Waals surface area contributed by atoms with Crippen LogP contribution >= 0.6 is 22.9 Å². The number of carbonyl (C=O) groups excluding carboxylic acids is 1. The van der Waals surface area contributed by atoms with Crippen molar-refractivity contribution < 1.29 is 9.18 Å². The minimum Gasteiger partial charge on any atom is -0.374 e. The lowest BCUT2D eigenvalue weighted by Crippen LogP contribution is -2.29. The van der Waals surface area contributed by atoms with Gasteiger partial charge in [0, 0.05) is 13.1 Å². The summed E-state index contributed by atoms with van der Waals surface area (Å²) < 4.78 is 13.5. The zero-order valence-electron chi connectivity index (χ0n) is 14.0. The fourth-order valence-corrected chi connectivity index (χ4v) is 3.76. The molecule has 1 aromatic heterocycles. The Hall–Kier alpha value is -2.19. The van der Waals surface area contributed by atoms with Gasteiger partial charge in [-0.15, -0.1) is 0 Å². The Kier molecular flexibility index (Phi) is 6.40. The van der Waals surface area contributed by atoms with E-state index >= 15 is 0 Å². The minimum absolute atomic E-state index is 0.0896. The first-order chi connectivity index (χ1) is 12.6. The monoisotopic (exact) mass is 395 g/mol. The highest BCUT2D eigenvalue weighted by Crippen LogP contribution is 2.30. The average Bonchev–Trinajstić information content (AvgIpc) is 3.03. The number of anilines is 2. The van der Waals surface area contributed by atoms with Crippen LogP contribution in [0.2, 0.25) is 5.15 Å². The molecule has 1 aliphatic rings. The molecule has 0 aliphatic carbocycles. The summed E-state index contributed by atoms with van der Waals surface area (Å²) >= 11 is 7.60. The zero-order valence-corrected chi connectivity index (χ0v) is 15.6. The van der Waals surface area contributed by atoms with Gasteiger partial charge in [0.2, 0.25) is 0 Å². The van der Waals surface area contributed by atoms with E-state index in [4.69, 9.17) is 11.6 Å². The molecule has 0 spiro atoms. The van der Waals surface area contributed by atoms with Crippen LogP contribution in [-0.2, 0) is 4.79 Å². The molecule has 2 N–H and O–H groups in total. The fourth-order valence-electron chi connectivity index (χ4n) is 2.58. The first kappa shape index (κ1) is 18.6. The number of piperidine rings is 1. The summed E-state index contributed by atoms with van der Waals surface area (Å²) in [7, 11) is 0. The van der Waals surface area contributed by atoms with E-state index < -0.39 is 5.82 Å². The van der Waals surface area contributed by atoms with Crippen LogP contribution in [0.1, 0.15) is 24.1 Å². The summed E-state index contributed by atoms with van der Waals surface area (Å²) in [6.07, 6.45) is 5.04. The molecule has 138 valence electrons. The van der Waals surface area contributed by atoms with Crippen molar-refractivity contribution in [3.8, 4) is 0 Å². The van der Waals surface area contributed by atoms with Gasteiger partial charge in [0.25, 0.3) is 5.91 Å². The van der Waals surface area contributed by atoms with Crippen LogP contribution in [-0.4, -0.2) is 36.7 Å². The third-order valence-corrected chi connectivity index (χ3v) is 5.36. The summed E-state index contributed by atoms with van der Waals surface area (Å²) in [5, 5.41) is 7.87. The van der Waals surface area contributed by atoms with E-state index in [1.807, 2.05) is 0 Å². The van der Waals surface area contributed by atoms with Gasteiger partial charge in [-0.3, -0.25) is 4.79 Å². The molecule has 3 rings (SSSR count). The lowest BCUT2D eigenvalue weighted by molar-refractivity contribution is -0.119. The maximum Gasteiger partial charge on any atom is 0.259 e. The number of para-hydroxylation sites is 1. The molecule has 1 amide bonds. The third kappa shape index (κ3) is 4.92. The lowest BCUT2D eigenvalue weighted by Gasteiger charge is -2.25. The van der Waals surface area contributed by atoms with Gasteiger partial charge < -0.3 is 10.2 Å². The first-order valence-electron chi connectivity index (χ1n) is 8.35. The Balaban J connectivity index is 1.51. The second-order valence-corrected chi connectivity index (χ2v) is 7.19. The van der Waals surface area contributed by atoms with Crippen molar-refractivity contribution in [1.29, 1.82) is 0 Å². The highest BCUT2D eigenvalue weighted by Gasteiger charge is 2.16. The first-order valence-corrected chi connectivity index (χ1v) is 9.54. The number of hydrogen-bond acceptors (Lipinski definition) is 6. The average molecular weight is 396 g/mol. The maximum atomic E-state index is 13.5. The van der Waals surface area contributed by atoms with Gasteiger partial charge in [-0.1, -0.05) is 35.1 Å². The summed E-state index contributed by atoms with van der Waals surface area (Å²) in [5.74, 6) is -0.799. The van der Waals surface area contributed by atoms with Crippen LogP contribution in [0, 0.1) is 5.82 Å². The zero-order chi connectivity index (χ0) is 18.4. The third-order valence-electron chi connectivity index (χ3n) is 3.91. The number of carbonyl (C=O) groups is 1. The van der Waals surface area contributed by atoms with Crippen molar-refractivity contribution in [3.05, 3.63) is 40.1 Å². The number of thiazole rings is 1. The van der Waals surface area contributed by atoms with E-state index in [0.29, 0.717) is 10.0 Å². The quantitative estimate of drug-likeness (QED) is 0.580. The van der Waals surface area contributed by atoms with Crippen molar-refractivity contribution in [2.45, 2.75) is 19.3 Å². The lowest BCUT2D eigenvalue weighted by atomic mass is 10.1. The van der Waals surface area contributed by atoms with Crippen molar-refractivity contribution in [2.75, 3.05) is 29.9 Å². The van der Waals surface area contributed by atoms with Crippen molar-refractivity contribution in [1.82, 2.24) is 10.4 Å². The number of nitrogens with zero attached hydrogens (tertiary/aromatic N) is 3. The smallest absolute Gasteiger partial charge is 0.259 e. The number of halogens is 2. The Morgan fingerprint density at radius 2 is 2.12 bits per heavy atom. The molecule has 1 aromatic carbocycles. The molecule has 26 heavy (non-hydrogen) atoms. The highest BCUT2D eigenvalue weighted by molar-refractivity contribution is 7.17. The number of rotatable bonds is 6. The highest BCUT2D eigenvalue weighted by atomic mass is 35.5. The number of aromatic nitrogens is 1. The van der Waals surface area contributed by atoms with Gasteiger partial charge >= 0.3 is 0 Å². The van der Waals surface area contributed by atoms with E-state index in [9.17, 15) is 9.18 Å². The maximum absolute atomic E-state index is 13.5. The summed E-state index contributed by atoms with van der Waals surface area (Å²) in [5.41, 5.74) is 2.66. The molecule has 1 aliphatic heterocycles. The van der Waals surface area contributed by atoms with E-state index in [0.717, 1.165) is 31.1 Å². The molecule has 2 aromatic rings. The van der Waals surface area contributed by atoms with Gasteiger partial charge in [-0.2, -0.15) is 5.10 Å². The normalized spacial score (nSPS) is 14.6. The van der Waals surface area contributed by atoms with Gasteiger partial charge in [-0.25, -0.2) is 14.8 Å². The standard InChI is InChI=1S/C17H19ClFN5OS/c18-16-14(26-17(22-16)24-8-4-1-5-9-24)10-21-23-15(25)11-20-13-7-3-2-6-12(13)19/h2-3,6-7,10,20H,1,4-5,8-9,11H2,(H,23,25). The Labute approximate surface area is 160 Å². The number of hydrazone groups is 1. The molecule has 0 saturated carbocycles. The van der Waals surface area contributed by atoms with Gasteiger partial charge in [0.15, 0.2) is 10.3 Å². The van der Waals surface area contributed by atoms with Gasteiger partial charge in [0.1, 0.15) is 5.82 Å². The predicted molar refractivity (Wildman–Crippen MR) is 104 cm³/mol. The molecule has 1 fully saturated rings. The Morgan fingerprint density at radius 1 is 1.35 bits per heavy atom. The Bertz CT molecular complexity index is 791. The molecule has 0 unspecified atom stereocenters. The number of hydrogen-bond donors (Lipinski definition) is 2. The van der Waals surface area contributed by atoms with Crippen molar-refractivity contribution in [2.24, 2.45) is 5.10 Å². The van der Waals surface area contributed by atoms with Crippen molar-refractivity contribution in [3.63, 3.8) is 0 Å². The van der Waals surface area contributed by atoms with Crippen LogP contribution in [0.25, 0.3) is 0 Å². The molecular weight excluding hydrogens is 377 g/mol. The van der Waals surface area contributed by atoms with Crippen LogP contribution < -0.4 is 15.6 Å². The largest absolute Gasteiger partial charge is 0.374 e. The van der Waals surface area contributed by atoms with Crippen molar-refractivity contribution >= 4 is 45.9 Å². The van der Waals surface area contributed by atoms with Crippen LogP contribution in [0.3, 0.4) is 0 Å². The summed E-state index contributed by atoms with van der Waals surface area (Å²) in [6, 6.07) is 6.16. The topological polar surface area (TPSA) is 69.6 Å². The molecule has 0 atom stereocenters. The summed E-state index contributed by atoms with van der Waals surface area (Å²) in [6.45, 7) is 1.88. The van der Waals surface area contributed by atoms with E-state index in [1.54, 1.807) is 18.2 Å². The van der Waals surface area contributed by atoms with Gasteiger partial charge in [-0.05, 0) is 31.4 Å². The predicted octanol–water partition coefficient (Wildman–Crippen LogP) is 3.49. The second kappa shape index (κ2) is 8.95. The molecule has 0 radical (unpaired) electrons. The summed E-state index contributed by atoms with van der Waals surface area (Å²) in [4.78, 5) is 19.1. The minimum atomic E-state index is -0.412.